The Labute approximate surface area is 247 Å². The van der Waals surface area contributed by atoms with Crippen LogP contribution in [0.5, 0.6) is 11.5 Å². The summed E-state index contributed by atoms with van der Waals surface area (Å²) in [4.78, 5) is 18.1. The Morgan fingerprint density at radius 1 is 1.05 bits per heavy atom. The Morgan fingerprint density at radius 2 is 1.82 bits per heavy atom. The fraction of sp³-hybridized carbons (Fsp3) is 0.167. The maximum Gasteiger partial charge on any atom is 0.282 e. The van der Waals surface area contributed by atoms with Crippen molar-refractivity contribution in [1.82, 2.24) is 9.66 Å². The third kappa shape index (κ3) is 5.46. The molecule has 0 aliphatic heterocycles. The van der Waals surface area contributed by atoms with Crippen molar-refractivity contribution in [3.05, 3.63) is 108 Å². The van der Waals surface area contributed by atoms with Crippen LogP contribution < -0.4 is 15.0 Å². The van der Waals surface area contributed by atoms with Gasteiger partial charge < -0.3 is 9.47 Å². The number of rotatable bonds is 7. The highest BCUT2D eigenvalue weighted by Gasteiger charge is 2.19. The van der Waals surface area contributed by atoms with Crippen molar-refractivity contribution in [1.29, 1.82) is 0 Å². The molecule has 5 aromatic rings. The Hall–Kier alpha value is -3.20. The summed E-state index contributed by atoms with van der Waals surface area (Å²) in [6.45, 7) is 4.25. The molecule has 0 atom stereocenters. The van der Waals surface area contributed by atoms with Gasteiger partial charge >= 0.3 is 0 Å². The first-order valence-corrected chi connectivity index (χ1v) is 14.2. The highest BCUT2D eigenvalue weighted by atomic mass is 79.9. The summed E-state index contributed by atoms with van der Waals surface area (Å²) in [5, 5.41) is 7.59. The molecule has 0 saturated carbocycles. The quantitative estimate of drug-likeness (QED) is 0.164. The predicted octanol–water partition coefficient (Wildman–Crippen LogP) is 8.32. The van der Waals surface area contributed by atoms with Crippen LogP contribution >= 0.6 is 43.5 Å². The molecule has 0 amide bonds. The molecule has 0 aliphatic carbocycles. The third-order valence-corrected chi connectivity index (χ3v) is 8.23. The number of halogens is 3. The van der Waals surface area contributed by atoms with Crippen molar-refractivity contribution in [2.45, 2.75) is 26.4 Å². The summed E-state index contributed by atoms with van der Waals surface area (Å²) in [6, 6.07) is 21.4. The summed E-state index contributed by atoms with van der Waals surface area (Å²) in [7, 11) is 1.55. The molecule has 0 fully saturated rings. The van der Waals surface area contributed by atoms with Crippen LogP contribution in [0.25, 0.3) is 21.7 Å². The molecule has 9 heteroatoms. The molecule has 0 saturated heterocycles. The molecule has 0 aliphatic rings. The van der Waals surface area contributed by atoms with Gasteiger partial charge in [-0.05, 0) is 56.5 Å². The molecule has 6 nitrogen and oxygen atoms in total. The minimum atomic E-state index is -0.259. The van der Waals surface area contributed by atoms with E-state index in [9.17, 15) is 4.79 Å². The first-order valence-electron chi connectivity index (χ1n) is 12.2. The van der Waals surface area contributed by atoms with Crippen LogP contribution in [0.15, 0.2) is 85.6 Å². The van der Waals surface area contributed by atoms with Crippen LogP contribution in [0.3, 0.4) is 0 Å². The topological polar surface area (TPSA) is 65.7 Å². The monoisotopic (exact) mass is 667 g/mol. The van der Waals surface area contributed by atoms with Crippen molar-refractivity contribution < 1.29 is 9.47 Å². The zero-order valence-electron chi connectivity index (χ0n) is 21.4. The molecule has 0 unspecified atom stereocenters. The normalized spacial score (nSPS) is 11.7. The van der Waals surface area contributed by atoms with Crippen molar-refractivity contribution in [3.8, 4) is 11.5 Å². The standard InChI is InChI=1S/C30H24Br2ClN3O3/c1-17(2)29-35-24-12-11-21(31)14-23(24)30(37)36(29)34-15-20-13-25(38-3)28(27(33)26(20)32)39-16-19-9-6-8-18-7-4-5-10-22(18)19/h4-15,17H,16H2,1-3H3. The van der Waals surface area contributed by atoms with Crippen molar-refractivity contribution >= 4 is 71.4 Å². The molecule has 4 aromatic carbocycles. The second-order valence-electron chi connectivity index (χ2n) is 9.20. The van der Waals surface area contributed by atoms with Gasteiger partial charge in [0.05, 0.1) is 24.2 Å². The highest BCUT2D eigenvalue weighted by molar-refractivity contribution is 9.10. The van der Waals surface area contributed by atoms with Gasteiger partial charge in [0.2, 0.25) is 0 Å². The van der Waals surface area contributed by atoms with E-state index in [1.165, 1.54) is 4.68 Å². The van der Waals surface area contributed by atoms with E-state index in [0.29, 0.717) is 49.9 Å². The fourth-order valence-electron chi connectivity index (χ4n) is 4.32. The number of fused-ring (bicyclic) bond motifs is 2. The third-order valence-electron chi connectivity index (χ3n) is 6.29. The number of ether oxygens (including phenoxy) is 2. The average molecular weight is 670 g/mol. The number of hydrogen-bond acceptors (Lipinski definition) is 5. The molecular weight excluding hydrogens is 646 g/mol. The van der Waals surface area contributed by atoms with Crippen LogP contribution in [0.1, 0.15) is 36.7 Å². The molecule has 0 radical (unpaired) electrons. The van der Waals surface area contributed by atoms with E-state index in [4.69, 9.17) is 26.1 Å². The fourth-order valence-corrected chi connectivity index (χ4v) is 5.34. The van der Waals surface area contributed by atoms with Crippen molar-refractivity contribution in [2.24, 2.45) is 5.10 Å². The lowest BCUT2D eigenvalue weighted by atomic mass is 10.1. The van der Waals surface area contributed by atoms with Gasteiger partial charge in [0.1, 0.15) is 17.5 Å². The van der Waals surface area contributed by atoms with E-state index >= 15 is 0 Å². The van der Waals surface area contributed by atoms with E-state index in [0.717, 1.165) is 20.8 Å². The van der Waals surface area contributed by atoms with Crippen LogP contribution in [-0.4, -0.2) is 23.0 Å². The van der Waals surface area contributed by atoms with Gasteiger partial charge in [-0.1, -0.05) is 83.8 Å². The van der Waals surface area contributed by atoms with Crippen molar-refractivity contribution in [3.63, 3.8) is 0 Å². The summed E-state index contributed by atoms with van der Waals surface area (Å²) in [5.41, 5.74) is 2.01. The first-order chi connectivity index (χ1) is 18.8. The van der Waals surface area contributed by atoms with Crippen molar-refractivity contribution in [2.75, 3.05) is 7.11 Å². The van der Waals surface area contributed by atoms with Crippen LogP contribution in [0, 0.1) is 0 Å². The van der Waals surface area contributed by atoms with E-state index in [1.54, 1.807) is 25.5 Å². The van der Waals surface area contributed by atoms with E-state index in [2.05, 4.69) is 55.2 Å². The van der Waals surface area contributed by atoms with Crippen LogP contribution in [0.4, 0.5) is 0 Å². The smallest absolute Gasteiger partial charge is 0.282 e. The molecule has 0 spiro atoms. The molecule has 1 aromatic heterocycles. The van der Waals surface area contributed by atoms with Crippen LogP contribution in [-0.2, 0) is 6.61 Å². The van der Waals surface area contributed by atoms with Gasteiger partial charge in [-0.2, -0.15) is 9.78 Å². The van der Waals surface area contributed by atoms with Gasteiger partial charge in [0.15, 0.2) is 11.5 Å². The zero-order valence-corrected chi connectivity index (χ0v) is 25.3. The van der Waals surface area contributed by atoms with E-state index in [-0.39, 0.29) is 11.5 Å². The molecule has 0 bridgehead atoms. The van der Waals surface area contributed by atoms with Crippen LogP contribution in [0.2, 0.25) is 5.02 Å². The summed E-state index contributed by atoms with van der Waals surface area (Å²) in [5.74, 6) is 1.37. The minimum absolute atomic E-state index is 0.0331. The number of aromatic nitrogens is 2. The Bertz CT molecular complexity index is 1800. The van der Waals surface area contributed by atoms with Gasteiger partial charge in [0.25, 0.3) is 5.56 Å². The number of benzene rings is 4. The molecule has 1 heterocycles. The number of methoxy groups -OCH3 is 1. The van der Waals surface area contributed by atoms with Gasteiger partial charge in [-0.15, -0.1) is 0 Å². The lowest BCUT2D eigenvalue weighted by Crippen LogP contribution is -2.23. The second kappa shape index (κ2) is 11.5. The van der Waals surface area contributed by atoms with E-state index in [1.807, 2.05) is 50.2 Å². The highest BCUT2D eigenvalue weighted by Crippen LogP contribution is 2.42. The zero-order chi connectivity index (χ0) is 27.7. The summed E-state index contributed by atoms with van der Waals surface area (Å²) >= 11 is 13.8. The molecule has 5 rings (SSSR count). The lowest BCUT2D eigenvalue weighted by Gasteiger charge is -2.16. The largest absolute Gasteiger partial charge is 0.493 e. The van der Waals surface area contributed by atoms with Gasteiger partial charge in [-0.3, -0.25) is 4.79 Å². The maximum atomic E-state index is 13.4. The molecule has 198 valence electrons. The number of nitrogens with zero attached hydrogens (tertiary/aromatic N) is 3. The lowest BCUT2D eigenvalue weighted by molar-refractivity contribution is 0.285. The molecule has 39 heavy (non-hydrogen) atoms. The number of hydrogen-bond donors (Lipinski definition) is 0. The molecule has 0 N–H and O–H groups in total. The first kappa shape index (κ1) is 27.4. The second-order valence-corrected chi connectivity index (χ2v) is 11.3. The van der Waals surface area contributed by atoms with Gasteiger partial charge in [-0.25, -0.2) is 4.98 Å². The molecular formula is C30H24Br2ClN3O3. The van der Waals surface area contributed by atoms with Gasteiger partial charge in [0, 0.05) is 20.4 Å². The van der Waals surface area contributed by atoms with E-state index < -0.39 is 0 Å². The Balaban J connectivity index is 1.52. The maximum absolute atomic E-state index is 13.4. The average Bonchev–Trinajstić information content (AvgIpc) is 2.94. The summed E-state index contributed by atoms with van der Waals surface area (Å²) in [6.07, 6.45) is 1.56. The Kier molecular flexibility index (Phi) is 8.07. The SMILES string of the molecule is COc1cc(C=Nn2c(C(C)C)nc3ccc(Br)cc3c2=O)c(Br)c(Cl)c1OCc1cccc2ccccc12. The predicted molar refractivity (Wildman–Crippen MR) is 165 cm³/mol. The Morgan fingerprint density at radius 3 is 2.59 bits per heavy atom. The minimum Gasteiger partial charge on any atom is -0.493 e. The summed E-state index contributed by atoms with van der Waals surface area (Å²) < 4.78 is 14.5.